The van der Waals surface area contributed by atoms with Crippen molar-refractivity contribution in [3.63, 3.8) is 0 Å². The Bertz CT molecular complexity index is 276. The molecule has 0 fully saturated rings. The predicted octanol–water partition coefficient (Wildman–Crippen LogP) is 1.92. The molecule has 14 heavy (non-hydrogen) atoms. The molecular weight excluding hydrogens is 174 g/mol. The first-order chi connectivity index (χ1) is 6.65. The van der Waals surface area contributed by atoms with Crippen molar-refractivity contribution in [3.8, 4) is 0 Å². The number of nitrogens with one attached hydrogen (secondary N) is 1. The van der Waals surface area contributed by atoms with E-state index in [4.69, 9.17) is 0 Å². The minimum absolute atomic E-state index is 0.577. The van der Waals surface area contributed by atoms with E-state index in [-0.39, 0.29) is 0 Å². The van der Waals surface area contributed by atoms with Gasteiger partial charge in [0, 0.05) is 12.7 Å². The monoisotopic (exact) mass is 195 g/mol. The third-order valence-corrected chi connectivity index (χ3v) is 2.42. The van der Waals surface area contributed by atoms with Crippen LogP contribution >= 0.6 is 0 Å². The van der Waals surface area contributed by atoms with Gasteiger partial charge in [0.2, 0.25) is 0 Å². The van der Waals surface area contributed by atoms with Crippen LogP contribution in [0.25, 0.3) is 0 Å². The number of aromatic nitrogens is 2. The van der Waals surface area contributed by atoms with Crippen LogP contribution < -0.4 is 5.32 Å². The highest BCUT2D eigenvalue weighted by atomic mass is 15.3. The fourth-order valence-electron chi connectivity index (χ4n) is 1.63. The van der Waals surface area contributed by atoms with E-state index in [1.165, 1.54) is 11.3 Å². The van der Waals surface area contributed by atoms with Crippen LogP contribution in [0.4, 0.5) is 0 Å². The zero-order valence-corrected chi connectivity index (χ0v) is 9.67. The second-order valence-corrected chi connectivity index (χ2v) is 4.04. The van der Waals surface area contributed by atoms with E-state index in [2.05, 4.69) is 42.1 Å². The molecule has 1 aromatic rings. The van der Waals surface area contributed by atoms with Gasteiger partial charge in [-0.05, 0) is 38.4 Å². The molecule has 0 saturated carbocycles. The van der Waals surface area contributed by atoms with Gasteiger partial charge in [-0.1, -0.05) is 13.8 Å². The molecule has 1 heterocycles. The lowest BCUT2D eigenvalue weighted by Gasteiger charge is -2.01. The first-order valence-electron chi connectivity index (χ1n) is 5.33. The summed E-state index contributed by atoms with van der Waals surface area (Å²) in [5, 5.41) is 7.63. The lowest BCUT2D eigenvalue weighted by Crippen LogP contribution is -2.11. The molecule has 0 amide bonds. The van der Waals surface area contributed by atoms with Crippen LogP contribution in [0.5, 0.6) is 0 Å². The summed E-state index contributed by atoms with van der Waals surface area (Å²) in [6.45, 7) is 8.57. The zero-order chi connectivity index (χ0) is 10.6. The van der Waals surface area contributed by atoms with Gasteiger partial charge in [0.1, 0.15) is 0 Å². The van der Waals surface area contributed by atoms with Crippen molar-refractivity contribution in [2.45, 2.75) is 39.7 Å². The number of rotatable bonds is 5. The standard InChI is InChI=1S/C11H21N3/c1-9(2)11-8-14(13-10(11)3)7-5-6-12-4/h8-9,12H,5-7H2,1-4H3. The molecule has 0 saturated heterocycles. The van der Waals surface area contributed by atoms with E-state index >= 15 is 0 Å². The topological polar surface area (TPSA) is 29.9 Å². The Morgan fingerprint density at radius 1 is 1.50 bits per heavy atom. The first kappa shape index (κ1) is 11.2. The summed E-state index contributed by atoms with van der Waals surface area (Å²) in [5.74, 6) is 0.577. The van der Waals surface area contributed by atoms with Gasteiger partial charge in [-0.3, -0.25) is 4.68 Å². The Balaban J connectivity index is 2.57. The van der Waals surface area contributed by atoms with Crippen LogP contribution in [0.1, 0.15) is 37.4 Å². The smallest absolute Gasteiger partial charge is 0.0628 e. The summed E-state index contributed by atoms with van der Waals surface area (Å²) in [6.07, 6.45) is 3.31. The van der Waals surface area contributed by atoms with E-state index < -0.39 is 0 Å². The van der Waals surface area contributed by atoms with Gasteiger partial charge in [-0.15, -0.1) is 0 Å². The molecule has 0 radical (unpaired) electrons. The minimum atomic E-state index is 0.577. The van der Waals surface area contributed by atoms with Crippen molar-refractivity contribution in [2.75, 3.05) is 13.6 Å². The first-order valence-corrected chi connectivity index (χ1v) is 5.33. The van der Waals surface area contributed by atoms with Crippen molar-refractivity contribution >= 4 is 0 Å². The Kier molecular flexibility index (Phi) is 4.14. The summed E-state index contributed by atoms with van der Waals surface area (Å²) >= 11 is 0. The quantitative estimate of drug-likeness (QED) is 0.727. The number of hydrogen-bond acceptors (Lipinski definition) is 2. The maximum Gasteiger partial charge on any atom is 0.0628 e. The summed E-state index contributed by atoms with van der Waals surface area (Å²) in [5.41, 5.74) is 2.54. The van der Waals surface area contributed by atoms with Crippen LogP contribution in [-0.2, 0) is 6.54 Å². The summed E-state index contributed by atoms with van der Waals surface area (Å²) in [4.78, 5) is 0. The van der Waals surface area contributed by atoms with Crippen molar-refractivity contribution in [3.05, 3.63) is 17.5 Å². The molecule has 3 nitrogen and oxygen atoms in total. The molecule has 1 N–H and O–H groups in total. The largest absolute Gasteiger partial charge is 0.320 e. The highest BCUT2D eigenvalue weighted by molar-refractivity contribution is 5.18. The van der Waals surface area contributed by atoms with Crippen molar-refractivity contribution in [2.24, 2.45) is 0 Å². The number of hydrogen-bond donors (Lipinski definition) is 1. The summed E-state index contributed by atoms with van der Waals surface area (Å²) in [7, 11) is 1.98. The van der Waals surface area contributed by atoms with E-state index in [1.54, 1.807) is 0 Å². The third kappa shape index (κ3) is 2.84. The lowest BCUT2D eigenvalue weighted by molar-refractivity contribution is 0.559. The molecule has 0 aliphatic rings. The van der Waals surface area contributed by atoms with Crippen LogP contribution in [0.3, 0.4) is 0 Å². The average Bonchev–Trinajstić information content (AvgIpc) is 2.47. The van der Waals surface area contributed by atoms with Crippen molar-refractivity contribution < 1.29 is 0 Å². The van der Waals surface area contributed by atoms with E-state index in [1.807, 2.05) is 7.05 Å². The SMILES string of the molecule is CNCCCn1cc(C(C)C)c(C)n1. The van der Waals surface area contributed by atoms with Gasteiger partial charge in [-0.2, -0.15) is 5.10 Å². The van der Waals surface area contributed by atoms with E-state index in [0.717, 1.165) is 19.5 Å². The number of aryl methyl sites for hydroxylation is 2. The fraction of sp³-hybridized carbons (Fsp3) is 0.727. The van der Waals surface area contributed by atoms with Gasteiger partial charge in [0.25, 0.3) is 0 Å². The van der Waals surface area contributed by atoms with Crippen molar-refractivity contribution in [1.29, 1.82) is 0 Å². The molecule has 0 aromatic carbocycles. The molecule has 3 heteroatoms. The lowest BCUT2D eigenvalue weighted by atomic mass is 10.1. The third-order valence-electron chi connectivity index (χ3n) is 2.42. The molecule has 1 rings (SSSR count). The Morgan fingerprint density at radius 2 is 2.21 bits per heavy atom. The fourth-order valence-corrected chi connectivity index (χ4v) is 1.63. The van der Waals surface area contributed by atoms with Crippen LogP contribution in [-0.4, -0.2) is 23.4 Å². The normalized spacial score (nSPS) is 11.2. The summed E-state index contributed by atoms with van der Waals surface area (Å²) in [6, 6.07) is 0. The summed E-state index contributed by atoms with van der Waals surface area (Å²) < 4.78 is 2.06. The molecule has 1 aromatic heterocycles. The highest BCUT2D eigenvalue weighted by Crippen LogP contribution is 2.17. The Hall–Kier alpha value is -0.830. The van der Waals surface area contributed by atoms with Gasteiger partial charge in [-0.25, -0.2) is 0 Å². The Morgan fingerprint density at radius 3 is 2.71 bits per heavy atom. The number of nitrogens with zero attached hydrogens (tertiary/aromatic N) is 2. The maximum atomic E-state index is 4.49. The van der Waals surface area contributed by atoms with E-state index in [9.17, 15) is 0 Å². The van der Waals surface area contributed by atoms with Crippen LogP contribution in [0.15, 0.2) is 6.20 Å². The van der Waals surface area contributed by atoms with Crippen molar-refractivity contribution in [1.82, 2.24) is 15.1 Å². The van der Waals surface area contributed by atoms with Gasteiger partial charge in [0.05, 0.1) is 5.69 Å². The molecule has 0 bridgehead atoms. The van der Waals surface area contributed by atoms with Crippen LogP contribution in [0.2, 0.25) is 0 Å². The molecule has 0 unspecified atom stereocenters. The van der Waals surface area contributed by atoms with Gasteiger partial charge >= 0.3 is 0 Å². The van der Waals surface area contributed by atoms with Gasteiger partial charge < -0.3 is 5.32 Å². The Labute approximate surface area is 86.5 Å². The second kappa shape index (κ2) is 5.15. The maximum absolute atomic E-state index is 4.49. The molecule has 0 atom stereocenters. The van der Waals surface area contributed by atoms with Gasteiger partial charge in [0.15, 0.2) is 0 Å². The predicted molar refractivity (Wildman–Crippen MR) is 59.6 cm³/mol. The highest BCUT2D eigenvalue weighted by Gasteiger charge is 2.07. The van der Waals surface area contributed by atoms with Crippen LogP contribution in [0, 0.1) is 6.92 Å². The molecule has 80 valence electrons. The van der Waals surface area contributed by atoms with E-state index in [0.29, 0.717) is 5.92 Å². The zero-order valence-electron chi connectivity index (χ0n) is 9.67. The molecule has 0 aliphatic carbocycles. The second-order valence-electron chi connectivity index (χ2n) is 4.04. The molecule has 0 aliphatic heterocycles. The average molecular weight is 195 g/mol. The molecular formula is C11H21N3. The molecule has 0 spiro atoms. The minimum Gasteiger partial charge on any atom is -0.320 e.